The highest BCUT2D eigenvalue weighted by atomic mass is 14.8. The molecule has 2 aromatic rings. The van der Waals surface area contributed by atoms with Crippen molar-refractivity contribution in [2.24, 2.45) is 4.99 Å². The number of fused-ring (bicyclic) bond motifs is 3. The minimum Gasteiger partial charge on any atom is -0.257 e. The summed E-state index contributed by atoms with van der Waals surface area (Å²) in [5, 5.41) is 2.76. The van der Waals surface area contributed by atoms with Crippen LogP contribution in [-0.4, -0.2) is 5.71 Å². The topological polar surface area (TPSA) is 12.4 Å². The molecule has 98 valence electrons. The fraction of sp³-hybridized carbons (Fsp3) is 0.389. The van der Waals surface area contributed by atoms with E-state index >= 15 is 0 Å². The second-order valence-electron chi connectivity index (χ2n) is 6.14. The van der Waals surface area contributed by atoms with E-state index in [1.54, 1.807) is 0 Å². The minimum atomic E-state index is 0.0493. The fourth-order valence-electron chi connectivity index (χ4n) is 3.14. The average Bonchev–Trinajstić information content (AvgIpc) is 2.60. The molecule has 0 aliphatic carbocycles. The first-order valence-electron chi connectivity index (χ1n) is 7.07. The lowest BCUT2D eigenvalue weighted by Crippen LogP contribution is -2.23. The average molecular weight is 251 g/mol. The molecule has 0 atom stereocenters. The van der Waals surface area contributed by atoms with Gasteiger partial charge < -0.3 is 0 Å². The van der Waals surface area contributed by atoms with Gasteiger partial charge >= 0.3 is 0 Å². The van der Waals surface area contributed by atoms with E-state index in [9.17, 15) is 0 Å². The number of hydrogen-bond acceptors (Lipinski definition) is 1. The Bertz CT molecular complexity index is 705. The highest BCUT2D eigenvalue weighted by Gasteiger charge is 2.33. The molecule has 0 N–H and O–H groups in total. The summed E-state index contributed by atoms with van der Waals surface area (Å²) in [5.74, 6) is 0. The van der Waals surface area contributed by atoms with E-state index in [1.165, 1.54) is 33.2 Å². The molecule has 1 heterocycles. The maximum atomic E-state index is 4.76. The van der Waals surface area contributed by atoms with Gasteiger partial charge in [-0.25, -0.2) is 0 Å². The molecular formula is C18H21N. The third-order valence-electron chi connectivity index (χ3n) is 4.61. The lowest BCUT2D eigenvalue weighted by atomic mass is 9.79. The third kappa shape index (κ3) is 1.64. The second kappa shape index (κ2) is 3.93. The predicted octanol–water partition coefficient (Wildman–Crippen LogP) is 5.09. The van der Waals surface area contributed by atoms with Crippen molar-refractivity contribution in [1.82, 2.24) is 0 Å². The molecule has 0 radical (unpaired) electrons. The smallest absolute Gasteiger partial charge is 0.0677 e. The largest absolute Gasteiger partial charge is 0.257 e. The Balaban J connectivity index is 2.43. The maximum Gasteiger partial charge on any atom is 0.0677 e. The molecule has 0 saturated heterocycles. The van der Waals surface area contributed by atoms with Gasteiger partial charge in [0.05, 0.1) is 5.69 Å². The molecule has 1 nitrogen and oxygen atoms in total. The van der Waals surface area contributed by atoms with Crippen molar-refractivity contribution in [3.8, 4) is 0 Å². The zero-order valence-electron chi connectivity index (χ0n) is 12.5. The number of nitrogens with zero attached hydrogens (tertiary/aromatic N) is 1. The first-order chi connectivity index (χ1) is 8.95. The van der Waals surface area contributed by atoms with Gasteiger partial charge in [-0.05, 0) is 53.8 Å². The SMILES string of the molecule is CCc1cc(C)c2ccc3c(c2c1)C(C)(C)C(C)=N3. The van der Waals surface area contributed by atoms with Gasteiger partial charge in [0.25, 0.3) is 0 Å². The molecule has 0 unspecified atom stereocenters. The molecule has 0 amide bonds. The molecule has 0 saturated carbocycles. The number of rotatable bonds is 1. The van der Waals surface area contributed by atoms with Gasteiger partial charge in [-0.1, -0.05) is 39.0 Å². The number of aryl methyl sites for hydroxylation is 2. The standard InChI is InChI=1S/C18H21N/c1-6-13-9-11(2)14-7-8-16-17(15(14)10-13)18(4,5)12(3)19-16/h7-10H,6H2,1-5H3. The van der Waals surface area contributed by atoms with Crippen LogP contribution < -0.4 is 0 Å². The van der Waals surface area contributed by atoms with Gasteiger partial charge in [0.1, 0.15) is 0 Å². The van der Waals surface area contributed by atoms with Crippen LogP contribution in [0.4, 0.5) is 5.69 Å². The lowest BCUT2D eigenvalue weighted by molar-refractivity contribution is 0.740. The van der Waals surface area contributed by atoms with E-state index < -0.39 is 0 Å². The Hall–Kier alpha value is -1.63. The molecule has 1 aliphatic heterocycles. The zero-order valence-corrected chi connectivity index (χ0v) is 12.5. The Morgan fingerprint density at radius 3 is 2.47 bits per heavy atom. The van der Waals surface area contributed by atoms with Gasteiger partial charge in [-0.3, -0.25) is 4.99 Å². The summed E-state index contributed by atoms with van der Waals surface area (Å²) >= 11 is 0. The zero-order chi connectivity index (χ0) is 13.8. The Kier molecular flexibility index (Phi) is 2.57. The van der Waals surface area contributed by atoms with Crippen LogP contribution in [-0.2, 0) is 11.8 Å². The predicted molar refractivity (Wildman–Crippen MR) is 83.9 cm³/mol. The lowest BCUT2D eigenvalue weighted by Gasteiger charge is -2.22. The van der Waals surface area contributed by atoms with Crippen molar-refractivity contribution in [1.29, 1.82) is 0 Å². The molecule has 0 spiro atoms. The summed E-state index contributed by atoms with van der Waals surface area (Å²) in [4.78, 5) is 4.76. The van der Waals surface area contributed by atoms with E-state index in [-0.39, 0.29) is 5.41 Å². The van der Waals surface area contributed by atoms with Gasteiger partial charge in [-0.15, -0.1) is 0 Å². The third-order valence-corrected chi connectivity index (χ3v) is 4.61. The maximum absolute atomic E-state index is 4.76. The summed E-state index contributed by atoms with van der Waals surface area (Å²) < 4.78 is 0. The monoisotopic (exact) mass is 251 g/mol. The molecule has 3 rings (SSSR count). The van der Waals surface area contributed by atoms with E-state index in [4.69, 9.17) is 4.99 Å². The van der Waals surface area contributed by atoms with E-state index in [2.05, 4.69) is 58.9 Å². The van der Waals surface area contributed by atoms with E-state index in [0.29, 0.717) is 0 Å². The normalized spacial score (nSPS) is 16.6. The van der Waals surface area contributed by atoms with Crippen LogP contribution >= 0.6 is 0 Å². The molecule has 1 heteroatoms. The van der Waals surface area contributed by atoms with Crippen LogP contribution in [0.5, 0.6) is 0 Å². The van der Waals surface area contributed by atoms with Gasteiger partial charge in [-0.2, -0.15) is 0 Å². The second-order valence-corrected chi connectivity index (χ2v) is 6.14. The first kappa shape index (κ1) is 12.4. The molecule has 0 bridgehead atoms. The van der Waals surface area contributed by atoms with Crippen LogP contribution in [0, 0.1) is 6.92 Å². The summed E-state index contributed by atoms with van der Waals surface area (Å²) in [5.41, 5.74) is 6.61. The number of aliphatic imine (C=N–C) groups is 1. The van der Waals surface area contributed by atoms with Crippen LogP contribution in [0.15, 0.2) is 29.3 Å². The van der Waals surface area contributed by atoms with Crippen LogP contribution in [0.2, 0.25) is 0 Å². The molecule has 2 aromatic carbocycles. The Morgan fingerprint density at radius 1 is 1.05 bits per heavy atom. The number of benzene rings is 2. The first-order valence-corrected chi connectivity index (χ1v) is 7.07. The molecule has 0 aromatic heterocycles. The highest BCUT2D eigenvalue weighted by Crippen LogP contribution is 2.44. The number of hydrogen-bond donors (Lipinski definition) is 0. The fourth-order valence-corrected chi connectivity index (χ4v) is 3.14. The van der Waals surface area contributed by atoms with Gasteiger partial charge in [0.2, 0.25) is 0 Å². The summed E-state index contributed by atoms with van der Waals surface area (Å²) in [6.07, 6.45) is 1.08. The van der Waals surface area contributed by atoms with Gasteiger partial charge in [0, 0.05) is 11.1 Å². The van der Waals surface area contributed by atoms with E-state index in [0.717, 1.165) is 12.1 Å². The van der Waals surface area contributed by atoms with Crippen molar-refractivity contribution in [2.45, 2.75) is 46.5 Å². The molecular weight excluding hydrogens is 230 g/mol. The van der Waals surface area contributed by atoms with Crippen LogP contribution in [0.25, 0.3) is 10.8 Å². The molecule has 0 fully saturated rings. The Morgan fingerprint density at radius 2 is 1.79 bits per heavy atom. The van der Waals surface area contributed by atoms with Crippen molar-refractivity contribution in [3.05, 3.63) is 41.0 Å². The van der Waals surface area contributed by atoms with Crippen LogP contribution in [0.3, 0.4) is 0 Å². The van der Waals surface area contributed by atoms with Crippen molar-refractivity contribution in [2.75, 3.05) is 0 Å². The quantitative estimate of drug-likeness (QED) is 0.669. The van der Waals surface area contributed by atoms with Crippen molar-refractivity contribution < 1.29 is 0 Å². The Labute approximate surface area is 115 Å². The molecule has 19 heavy (non-hydrogen) atoms. The minimum absolute atomic E-state index is 0.0493. The summed E-state index contributed by atoms with van der Waals surface area (Å²) in [7, 11) is 0. The van der Waals surface area contributed by atoms with Crippen LogP contribution in [0.1, 0.15) is 44.4 Å². The van der Waals surface area contributed by atoms with Gasteiger partial charge in [0.15, 0.2) is 0 Å². The van der Waals surface area contributed by atoms with Crippen molar-refractivity contribution in [3.63, 3.8) is 0 Å². The molecule has 1 aliphatic rings. The highest BCUT2D eigenvalue weighted by molar-refractivity contribution is 6.06. The van der Waals surface area contributed by atoms with E-state index in [1.807, 2.05) is 0 Å². The van der Waals surface area contributed by atoms with Crippen molar-refractivity contribution >= 4 is 22.2 Å². The summed E-state index contributed by atoms with van der Waals surface area (Å²) in [6.45, 7) is 11.1. The summed E-state index contributed by atoms with van der Waals surface area (Å²) in [6, 6.07) is 9.07.